The van der Waals surface area contributed by atoms with Crippen LogP contribution >= 0.6 is 0 Å². The fourth-order valence-electron chi connectivity index (χ4n) is 4.95. The maximum absolute atomic E-state index is 12.4. The number of alkyl carbamates (subject to hydrolysis) is 3. The van der Waals surface area contributed by atoms with Gasteiger partial charge < -0.3 is 59.2 Å². The Hall–Kier alpha value is -3.93. The van der Waals surface area contributed by atoms with Crippen LogP contribution in [0.3, 0.4) is 0 Å². The topological polar surface area (TPSA) is 199 Å². The number of hydroxylamine groups is 2. The third-order valence-electron chi connectivity index (χ3n) is 8.11. The summed E-state index contributed by atoms with van der Waals surface area (Å²) in [6, 6.07) is 18.0. The Morgan fingerprint density at radius 2 is 0.923 bits per heavy atom. The van der Waals surface area contributed by atoms with E-state index in [9.17, 15) is 28.8 Å². The van der Waals surface area contributed by atoms with Gasteiger partial charge in [0.15, 0.2) is 5.78 Å². The molecule has 65 heavy (non-hydrogen) atoms. The number of aliphatic carboxylic acids is 1. The predicted octanol–water partition coefficient (Wildman–Crippen LogP) is 5.60. The van der Waals surface area contributed by atoms with Crippen LogP contribution in [0.25, 0.3) is 0 Å². The number of nitrogens with zero attached hydrogens (tertiary/aromatic N) is 1. The van der Waals surface area contributed by atoms with E-state index in [1.165, 1.54) is 19.7 Å². The van der Waals surface area contributed by atoms with Crippen molar-refractivity contribution in [2.75, 3.05) is 14.2 Å². The van der Waals surface area contributed by atoms with Crippen molar-refractivity contribution in [2.45, 2.75) is 158 Å². The molecule has 3 atom stereocenters. The van der Waals surface area contributed by atoms with Crippen molar-refractivity contribution in [3.8, 4) is 0 Å². The number of ketones is 1. The van der Waals surface area contributed by atoms with Crippen molar-refractivity contribution < 1.29 is 69.9 Å². The van der Waals surface area contributed by atoms with Gasteiger partial charge in [-0.2, -0.15) is 6.42 Å². The number of ether oxygens (including phenoxy) is 3. The van der Waals surface area contributed by atoms with Crippen molar-refractivity contribution in [3.05, 3.63) is 78.7 Å². The molecule has 15 nitrogen and oxygen atoms in total. The van der Waals surface area contributed by atoms with E-state index in [1.807, 2.05) is 76.2 Å². The molecule has 0 fully saturated rings. The van der Waals surface area contributed by atoms with Crippen LogP contribution in [0.5, 0.6) is 0 Å². The van der Waals surface area contributed by atoms with Crippen molar-refractivity contribution in [2.24, 2.45) is 17.8 Å². The third-order valence-corrected chi connectivity index (χ3v) is 8.11. The second-order valence-corrected chi connectivity index (χ2v) is 18.6. The van der Waals surface area contributed by atoms with E-state index in [0.29, 0.717) is 12.8 Å². The number of halogens is 1. The molecule has 0 bridgehead atoms. The standard InChI is InChI=1S/C18H27NO3.C12H24N2O4.C10H19NO4.C8H9.BrH.Mg/c1-13(2)16(19-17(21)22-18(3,4)5)15(20)12-11-14-9-7-6-8-10-14;1-8(2)9(10(15)14(6)17-7)13-11(16)18-12(3,4)5;1-6(2)7(8(12)13)11-9(14)15-10(3,4)5;1-2-8-6-4-3-5-7-8;;/h6-10,13,16H,11-12H2,1-5H3,(H,19,21);8-9H,1-7H3,(H,13,16);6-7H,1-5H3,(H,11,14)(H,12,13);3-7H,1-2H2;1H;/q;;;-1;;+2/p-1/t16-;9-;7-;;;/m111.../s1. The minimum Gasteiger partial charge on any atom is -1.00 e. The molecular weight excluding hydrogens is 913 g/mol. The maximum Gasteiger partial charge on any atom is 2.00 e. The summed E-state index contributed by atoms with van der Waals surface area (Å²) in [4.78, 5) is 74.7. The summed E-state index contributed by atoms with van der Waals surface area (Å²) in [7, 11) is 2.89. The zero-order chi connectivity index (χ0) is 49.3. The molecule has 0 aromatic heterocycles. The van der Waals surface area contributed by atoms with E-state index >= 15 is 0 Å². The van der Waals surface area contributed by atoms with Crippen LogP contribution in [0.4, 0.5) is 14.4 Å². The van der Waals surface area contributed by atoms with Crippen molar-refractivity contribution in [1.82, 2.24) is 21.0 Å². The molecule has 0 unspecified atom stereocenters. The Balaban J connectivity index is -0.000000395. The van der Waals surface area contributed by atoms with E-state index in [0.717, 1.165) is 17.0 Å². The predicted molar refractivity (Wildman–Crippen MR) is 252 cm³/mol. The van der Waals surface area contributed by atoms with Gasteiger partial charge in [0, 0.05) is 13.5 Å². The minimum atomic E-state index is -1.06. The Morgan fingerprint density at radius 3 is 1.20 bits per heavy atom. The van der Waals surface area contributed by atoms with Crippen LogP contribution in [-0.2, 0) is 46.3 Å². The number of rotatable bonds is 14. The number of nitrogens with one attached hydrogen (secondary N) is 3. The molecule has 0 aliphatic carbocycles. The SMILES string of the molecule is CC(C)[C@@H](NC(=O)OC(C)(C)C)C(=O)CCc1ccccc1.CC(C)[C@@H](NC(=O)OC(C)(C)C)C(=O)O.CON(C)C(=O)[C@H](NC(=O)OC(C)(C)C)C(C)C.[Br-].[CH2-]Cc1ccccc1.[Mg+2]. The fraction of sp³-hybridized carbons (Fsp3) is 0.604. The zero-order valence-corrected chi connectivity index (χ0v) is 45.1. The molecule has 0 heterocycles. The molecule has 2 rings (SSSR count). The Morgan fingerprint density at radius 1 is 0.600 bits per heavy atom. The molecule has 0 aliphatic rings. The monoisotopic (exact) mass is 990 g/mol. The van der Waals surface area contributed by atoms with Gasteiger partial charge in [-0.15, -0.1) is 0 Å². The summed E-state index contributed by atoms with van der Waals surface area (Å²) in [6.45, 7) is 30.6. The average Bonchev–Trinajstić information content (AvgIpc) is 3.15. The molecule has 0 spiro atoms. The first-order valence-corrected chi connectivity index (χ1v) is 21.3. The van der Waals surface area contributed by atoms with Crippen molar-refractivity contribution >= 4 is 59.0 Å². The summed E-state index contributed by atoms with van der Waals surface area (Å²) < 4.78 is 15.3. The molecule has 0 aliphatic heterocycles. The van der Waals surface area contributed by atoms with Gasteiger partial charge in [-0.1, -0.05) is 108 Å². The number of likely N-dealkylation sites (N-methyl/N-ethyl adjacent to an activating group) is 1. The number of hydrogen-bond acceptors (Lipinski definition) is 10. The largest absolute Gasteiger partial charge is 2.00 e. The second kappa shape index (κ2) is 33.5. The van der Waals surface area contributed by atoms with Crippen LogP contribution in [0, 0.1) is 24.7 Å². The number of carbonyl (C=O) groups excluding carboxylic acids is 5. The second-order valence-electron chi connectivity index (χ2n) is 18.6. The first-order chi connectivity index (χ1) is 28.8. The number of carboxylic acids is 1. The zero-order valence-electron chi connectivity index (χ0n) is 42.1. The van der Waals surface area contributed by atoms with Crippen LogP contribution in [0.15, 0.2) is 60.7 Å². The molecule has 0 radical (unpaired) electrons. The number of carboxylic acid groups (broad SMARTS) is 1. The third kappa shape index (κ3) is 35.0. The van der Waals surface area contributed by atoms with Crippen LogP contribution < -0.4 is 32.9 Å². The van der Waals surface area contributed by atoms with E-state index in [1.54, 1.807) is 76.2 Å². The Bertz CT molecular complexity index is 1660. The molecule has 0 saturated heterocycles. The van der Waals surface area contributed by atoms with E-state index < -0.39 is 59.2 Å². The molecule has 366 valence electrons. The number of Topliss-reactive ketones (excluding diaryl/α,β-unsaturated/α-hetero) is 1. The number of benzene rings is 2. The van der Waals surface area contributed by atoms with Gasteiger partial charge in [0.1, 0.15) is 28.9 Å². The first-order valence-electron chi connectivity index (χ1n) is 21.3. The number of hydrogen-bond donors (Lipinski definition) is 4. The summed E-state index contributed by atoms with van der Waals surface area (Å²) in [5.74, 6) is -1.58. The van der Waals surface area contributed by atoms with Gasteiger partial charge in [-0.05, 0) is 92.1 Å². The van der Waals surface area contributed by atoms with E-state index in [4.69, 9.17) is 24.2 Å². The van der Waals surface area contributed by atoms with Crippen LogP contribution in [0.1, 0.15) is 121 Å². The molecule has 2 aromatic carbocycles. The Labute approximate surface area is 416 Å². The number of amides is 4. The van der Waals surface area contributed by atoms with Crippen LogP contribution in [0.2, 0.25) is 0 Å². The maximum atomic E-state index is 12.4. The molecule has 0 saturated carbocycles. The van der Waals surface area contributed by atoms with Crippen molar-refractivity contribution in [3.63, 3.8) is 0 Å². The quantitative estimate of drug-likeness (QED) is 0.0796. The minimum absolute atomic E-state index is 0. The summed E-state index contributed by atoms with van der Waals surface area (Å²) in [5, 5.41) is 17.5. The van der Waals surface area contributed by atoms with Gasteiger partial charge >= 0.3 is 47.3 Å². The van der Waals surface area contributed by atoms with Gasteiger partial charge in [0.05, 0.1) is 13.2 Å². The summed E-state index contributed by atoms with van der Waals surface area (Å²) >= 11 is 0. The number of carbonyl (C=O) groups is 6. The molecule has 4 amide bonds. The van der Waals surface area contributed by atoms with Gasteiger partial charge in [-0.25, -0.2) is 24.2 Å². The molecule has 4 N–H and O–H groups in total. The van der Waals surface area contributed by atoms with Gasteiger partial charge in [0.25, 0.3) is 5.91 Å². The Kier molecular flexibility index (Phi) is 34.9. The normalized spacial score (nSPS) is 12.2. The van der Waals surface area contributed by atoms with E-state index in [2.05, 4.69) is 35.0 Å². The number of aryl methyl sites for hydroxylation is 1. The van der Waals surface area contributed by atoms with Crippen molar-refractivity contribution in [1.29, 1.82) is 0 Å². The molecule has 2 aromatic rings. The first kappa shape index (κ1) is 67.7. The van der Waals surface area contributed by atoms with E-state index in [-0.39, 0.29) is 69.5 Å². The molecular formula is C48H79BrMgN4O11. The van der Waals surface area contributed by atoms with Gasteiger partial charge in [-0.3, -0.25) is 14.4 Å². The average molecular weight is 992 g/mol. The smallest absolute Gasteiger partial charge is 1.00 e. The summed E-state index contributed by atoms with van der Waals surface area (Å²) in [6.07, 6.45) is 0.115. The van der Waals surface area contributed by atoms with Gasteiger partial charge in [0.2, 0.25) is 0 Å². The summed E-state index contributed by atoms with van der Waals surface area (Å²) in [5.41, 5.74) is 0.632. The fourth-order valence-corrected chi connectivity index (χ4v) is 4.95. The van der Waals surface area contributed by atoms with Crippen LogP contribution in [-0.4, -0.2) is 118 Å². The molecule has 17 heteroatoms.